The lowest BCUT2D eigenvalue weighted by molar-refractivity contribution is 0.293. The topological polar surface area (TPSA) is 58.6 Å². The number of thiol groups is 1. The van der Waals surface area contributed by atoms with Gasteiger partial charge in [0.2, 0.25) is 0 Å². The van der Waals surface area contributed by atoms with E-state index < -0.39 is 11.0 Å². The first-order chi connectivity index (χ1) is 5.63. The van der Waals surface area contributed by atoms with Gasteiger partial charge in [0.05, 0.1) is 0 Å². The predicted octanol–water partition coefficient (Wildman–Crippen LogP) is -0.972. The van der Waals surface area contributed by atoms with Crippen LogP contribution in [0.1, 0.15) is 6.42 Å². The minimum atomic E-state index is -2.71. The van der Waals surface area contributed by atoms with Crippen LogP contribution in [-0.4, -0.2) is 47.2 Å². The number of nitrogens with zero attached hydrogens (tertiary/aromatic N) is 1. The Balaban J connectivity index is 3.01. The van der Waals surface area contributed by atoms with Gasteiger partial charge in [-0.3, -0.25) is 9.50 Å². The fraction of sp³-hybridized carbons (Fsp3) is 1.00. The average Bonchev–Trinajstić information content (AvgIpc) is 1.95. The summed E-state index contributed by atoms with van der Waals surface area (Å²) in [6.07, 6.45) is 0.978. The van der Waals surface area contributed by atoms with Gasteiger partial charge < -0.3 is 4.90 Å². The Bertz CT molecular complexity index is 162. The SMILES string of the molecule is CN(C)CCCNCO[SH](=O)=O. The molecule has 0 aliphatic carbocycles. The van der Waals surface area contributed by atoms with Gasteiger partial charge >= 0.3 is 0 Å². The third kappa shape index (κ3) is 9.83. The van der Waals surface area contributed by atoms with E-state index >= 15 is 0 Å². The Morgan fingerprint density at radius 3 is 2.58 bits per heavy atom. The summed E-state index contributed by atoms with van der Waals surface area (Å²) in [5.74, 6) is 0. The highest BCUT2D eigenvalue weighted by Crippen LogP contribution is 1.80. The molecule has 0 aromatic heterocycles. The molecule has 6 heteroatoms. The van der Waals surface area contributed by atoms with Crippen LogP contribution in [0.15, 0.2) is 0 Å². The molecule has 0 aromatic rings. The largest absolute Gasteiger partial charge is 0.309 e. The van der Waals surface area contributed by atoms with Crippen molar-refractivity contribution in [3.8, 4) is 0 Å². The van der Waals surface area contributed by atoms with Crippen molar-refractivity contribution < 1.29 is 12.6 Å². The minimum absolute atomic E-state index is 0.0755. The molecule has 0 bridgehead atoms. The van der Waals surface area contributed by atoms with E-state index in [1.54, 1.807) is 0 Å². The Kier molecular flexibility index (Phi) is 7.37. The predicted molar refractivity (Wildman–Crippen MR) is 47.4 cm³/mol. The molecular formula is C6H16N2O3S. The van der Waals surface area contributed by atoms with E-state index in [0.717, 1.165) is 19.5 Å². The van der Waals surface area contributed by atoms with Crippen LogP contribution >= 0.6 is 0 Å². The molecule has 0 heterocycles. The molecule has 0 aliphatic rings. The van der Waals surface area contributed by atoms with E-state index in [1.165, 1.54) is 0 Å². The van der Waals surface area contributed by atoms with Crippen molar-refractivity contribution in [2.75, 3.05) is 33.9 Å². The fourth-order valence-electron chi connectivity index (χ4n) is 0.691. The van der Waals surface area contributed by atoms with Crippen LogP contribution in [-0.2, 0) is 15.2 Å². The van der Waals surface area contributed by atoms with Crippen LogP contribution in [0.3, 0.4) is 0 Å². The van der Waals surface area contributed by atoms with Crippen molar-refractivity contribution in [1.82, 2.24) is 10.2 Å². The number of hydrogen-bond donors (Lipinski definition) is 2. The summed E-state index contributed by atoms with van der Waals surface area (Å²) in [5.41, 5.74) is 0. The first-order valence-electron chi connectivity index (χ1n) is 3.75. The van der Waals surface area contributed by atoms with Crippen LogP contribution in [0.2, 0.25) is 0 Å². The van der Waals surface area contributed by atoms with Gasteiger partial charge in [0.15, 0.2) is 0 Å². The summed E-state index contributed by atoms with van der Waals surface area (Å²) in [5, 5.41) is 2.84. The highest BCUT2D eigenvalue weighted by atomic mass is 32.2. The molecule has 0 saturated heterocycles. The van der Waals surface area contributed by atoms with Gasteiger partial charge in [-0.25, -0.2) is 8.42 Å². The maximum Gasteiger partial charge on any atom is 0.258 e. The van der Waals surface area contributed by atoms with Crippen molar-refractivity contribution in [2.24, 2.45) is 0 Å². The molecule has 0 radical (unpaired) electrons. The first kappa shape index (κ1) is 11.8. The van der Waals surface area contributed by atoms with Crippen LogP contribution in [0.25, 0.3) is 0 Å². The minimum Gasteiger partial charge on any atom is -0.309 e. The number of hydrogen-bond acceptors (Lipinski definition) is 5. The quantitative estimate of drug-likeness (QED) is 0.312. The smallest absolute Gasteiger partial charge is 0.258 e. The Morgan fingerprint density at radius 2 is 2.08 bits per heavy atom. The van der Waals surface area contributed by atoms with E-state index in [2.05, 4.69) is 14.4 Å². The zero-order valence-corrected chi connectivity index (χ0v) is 8.34. The van der Waals surface area contributed by atoms with Crippen molar-refractivity contribution in [3.05, 3.63) is 0 Å². The van der Waals surface area contributed by atoms with Crippen molar-refractivity contribution in [1.29, 1.82) is 0 Å². The third-order valence-corrected chi connectivity index (χ3v) is 1.57. The van der Waals surface area contributed by atoms with E-state index in [4.69, 9.17) is 0 Å². The first-order valence-corrected chi connectivity index (χ1v) is 4.85. The summed E-state index contributed by atoms with van der Waals surface area (Å²) >= 11 is 0. The Hall–Kier alpha value is -0.170. The van der Waals surface area contributed by atoms with E-state index in [-0.39, 0.29) is 6.73 Å². The molecule has 0 aliphatic heterocycles. The standard InChI is InChI=1S/C6H16N2O3S/c1-8(2)5-3-4-7-6-11-12(9)10/h7,12H,3-6H2,1-2H3. The molecule has 0 amide bonds. The third-order valence-electron chi connectivity index (χ3n) is 1.23. The normalized spacial score (nSPS) is 11.3. The maximum absolute atomic E-state index is 9.91. The van der Waals surface area contributed by atoms with Gasteiger partial charge in [-0.15, -0.1) is 0 Å². The van der Waals surface area contributed by atoms with Crippen molar-refractivity contribution in [3.63, 3.8) is 0 Å². The van der Waals surface area contributed by atoms with Gasteiger partial charge in [-0.2, -0.15) is 0 Å². The highest BCUT2D eigenvalue weighted by Gasteiger charge is 1.90. The van der Waals surface area contributed by atoms with Crippen molar-refractivity contribution in [2.45, 2.75) is 6.42 Å². The number of rotatable bonds is 7. The number of nitrogens with one attached hydrogen (secondary N) is 1. The highest BCUT2D eigenvalue weighted by molar-refractivity contribution is 7.67. The summed E-state index contributed by atoms with van der Waals surface area (Å²) < 4.78 is 24.1. The lowest BCUT2D eigenvalue weighted by Crippen LogP contribution is -2.23. The average molecular weight is 196 g/mol. The second-order valence-corrected chi connectivity index (χ2v) is 3.36. The van der Waals surface area contributed by atoms with Crippen LogP contribution in [0, 0.1) is 0 Å². The Labute approximate surface area is 74.9 Å². The molecule has 74 valence electrons. The van der Waals surface area contributed by atoms with Gasteiger partial charge in [0, 0.05) is 0 Å². The summed E-state index contributed by atoms with van der Waals surface area (Å²) in [6, 6.07) is 0. The fourth-order valence-corrected chi connectivity index (χ4v) is 0.887. The molecule has 0 unspecified atom stereocenters. The summed E-state index contributed by atoms with van der Waals surface area (Å²) in [7, 11) is 1.28. The molecule has 0 spiro atoms. The van der Waals surface area contributed by atoms with E-state index in [1.807, 2.05) is 14.1 Å². The van der Waals surface area contributed by atoms with Gasteiger partial charge in [0.25, 0.3) is 11.0 Å². The van der Waals surface area contributed by atoms with Crippen molar-refractivity contribution >= 4 is 11.0 Å². The molecule has 0 atom stereocenters. The molecule has 12 heavy (non-hydrogen) atoms. The van der Waals surface area contributed by atoms with Crippen LogP contribution in [0.4, 0.5) is 0 Å². The van der Waals surface area contributed by atoms with E-state index in [0.29, 0.717) is 0 Å². The van der Waals surface area contributed by atoms with Crippen LogP contribution in [0.5, 0.6) is 0 Å². The maximum atomic E-state index is 9.91. The second-order valence-electron chi connectivity index (χ2n) is 2.65. The van der Waals surface area contributed by atoms with Gasteiger partial charge in [0.1, 0.15) is 6.73 Å². The molecular weight excluding hydrogens is 180 g/mol. The second kappa shape index (κ2) is 7.48. The molecule has 0 aromatic carbocycles. The molecule has 0 rings (SSSR count). The Morgan fingerprint density at radius 1 is 1.42 bits per heavy atom. The van der Waals surface area contributed by atoms with E-state index in [9.17, 15) is 8.42 Å². The molecule has 0 saturated carbocycles. The lowest BCUT2D eigenvalue weighted by atomic mass is 10.4. The molecule has 5 nitrogen and oxygen atoms in total. The van der Waals surface area contributed by atoms with Gasteiger partial charge in [-0.1, -0.05) is 0 Å². The van der Waals surface area contributed by atoms with Gasteiger partial charge in [-0.05, 0) is 33.6 Å². The zero-order valence-electron chi connectivity index (χ0n) is 7.45. The summed E-state index contributed by atoms with van der Waals surface area (Å²) in [6.45, 7) is 1.82. The van der Waals surface area contributed by atoms with Crippen LogP contribution < -0.4 is 5.32 Å². The molecule has 1 N–H and O–H groups in total. The molecule has 0 fully saturated rings. The summed E-state index contributed by atoms with van der Waals surface area (Å²) in [4.78, 5) is 2.07. The zero-order chi connectivity index (χ0) is 9.40. The lowest BCUT2D eigenvalue weighted by Gasteiger charge is -2.08. The monoisotopic (exact) mass is 196 g/mol.